The Morgan fingerprint density at radius 3 is 2.26 bits per heavy atom. The fourth-order valence-electron chi connectivity index (χ4n) is 3.71. The third-order valence-corrected chi connectivity index (χ3v) is 5.44. The molecule has 3 N–H and O–H groups in total. The first-order valence-electron chi connectivity index (χ1n) is 10.8. The Hall–Kier alpha value is -2.13. The molecule has 0 radical (unpaired) electrons. The number of rotatable bonds is 7. The van der Waals surface area contributed by atoms with E-state index in [9.17, 15) is 15.3 Å². The van der Waals surface area contributed by atoms with Gasteiger partial charge in [0.05, 0.1) is 12.2 Å². The first-order chi connectivity index (χ1) is 14.6. The first kappa shape index (κ1) is 23.5. The molecule has 1 saturated heterocycles. The number of ether oxygens (including phenoxy) is 3. The van der Waals surface area contributed by atoms with Crippen molar-refractivity contribution in [3.63, 3.8) is 0 Å². The number of nitrogens with zero attached hydrogens (tertiary/aromatic N) is 2. The average molecular weight is 435 g/mol. The maximum Gasteiger partial charge on any atom is 0.239 e. The van der Waals surface area contributed by atoms with Crippen LogP contribution >= 0.6 is 0 Å². The van der Waals surface area contributed by atoms with Gasteiger partial charge in [-0.05, 0) is 59.2 Å². The van der Waals surface area contributed by atoms with E-state index in [0.717, 1.165) is 22.6 Å². The highest BCUT2D eigenvalue weighted by atomic mass is 16.7. The highest BCUT2D eigenvalue weighted by Gasteiger charge is 2.43. The molecule has 5 unspecified atom stereocenters. The zero-order valence-electron chi connectivity index (χ0n) is 19.0. The van der Waals surface area contributed by atoms with Crippen molar-refractivity contribution in [2.45, 2.75) is 90.8 Å². The van der Waals surface area contributed by atoms with Crippen molar-refractivity contribution in [1.29, 1.82) is 0 Å². The van der Waals surface area contributed by atoms with E-state index in [1.165, 1.54) is 0 Å². The van der Waals surface area contributed by atoms with Crippen LogP contribution in [0.25, 0.3) is 0 Å². The van der Waals surface area contributed by atoms with E-state index < -0.39 is 30.7 Å². The minimum Gasteiger partial charge on any atom is -0.491 e. The minimum atomic E-state index is -1.39. The van der Waals surface area contributed by atoms with Gasteiger partial charge in [-0.2, -0.15) is 0 Å². The standard InChI is InChI=1S/C23H34N2O6/c1-12(2)25-14(5)18(11-16-7-9-17(10-8-16)29-13(3)4)22(24-25)31-23-21(28)20(27)19(26)15(6)30-23/h7-10,12-13,15,19-21,23,26-28H,11H2,1-6H3. The predicted molar refractivity (Wildman–Crippen MR) is 115 cm³/mol. The SMILES string of the molecule is Cc1c(Cc2ccc(OC(C)C)cc2)c(OC2OC(C)C(O)C(O)C2O)nn1C(C)C. The maximum atomic E-state index is 10.3. The lowest BCUT2D eigenvalue weighted by Gasteiger charge is -2.38. The summed E-state index contributed by atoms with van der Waals surface area (Å²) in [6.07, 6.45) is -5.08. The van der Waals surface area contributed by atoms with Crippen molar-refractivity contribution >= 4 is 0 Å². The van der Waals surface area contributed by atoms with Crippen LogP contribution in [0.2, 0.25) is 0 Å². The zero-order valence-corrected chi connectivity index (χ0v) is 19.0. The Balaban J connectivity index is 1.86. The summed E-state index contributed by atoms with van der Waals surface area (Å²) in [4.78, 5) is 0. The summed E-state index contributed by atoms with van der Waals surface area (Å²) in [5.41, 5.74) is 2.88. The van der Waals surface area contributed by atoms with E-state index in [1.54, 1.807) is 6.92 Å². The molecule has 31 heavy (non-hydrogen) atoms. The highest BCUT2D eigenvalue weighted by molar-refractivity contribution is 5.38. The zero-order chi connectivity index (χ0) is 22.9. The van der Waals surface area contributed by atoms with Gasteiger partial charge in [-0.3, -0.25) is 4.68 Å². The van der Waals surface area contributed by atoms with E-state index in [-0.39, 0.29) is 12.1 Å². The fraction of sp³-hybridized carbons (Fsp3) is 0.609. The van der Waals surface area contributed by atoms with Crippen LogP contribution in [0.5, 0.6) is 11.6 Å². The lowest BCUT2D eigenvalue weighted by molar-refractivity contribution is -0.269. The van der Waals surface area contributed by atoms with Gasteiger partial charge in [-0.15, -0.1) is 5.10 Å². The van der Waals surface area contributed by atoms with E-state index in [2.05, 4.69) is 5.10 Å². The molecule has 2 heterocycles. The average Bonchev–Trinajstić information content (AvgIpc) is 3.01. The lowest BCUT2D eigenvalue weighted by atomic mass is 10.00. The second kappa shape index (κ2) is 9.56. The van der Waals surface area contributed by atoms with Crippen LogP contribution < -0.4 is 9.47 Å². The van der Waals surface area contributed by atoms with Crippen molar-refractivity contribution < 1.29 is 29.5 Å². The number of aliphatic hydroxyl groups is 3. The molecule has 3 rings (SSSR count). The monoisotopic (exact) mass is 434 g/mol. The molecule has 1 aromatic carbocycles. The van der Waals surface area contributed by atoms with Crippen LogP contribution in [-0.2, 0) is 11.2 Å². The maximum absolute atomic E-state index is 10.3. The smallest absolute Gasteiger partial charge is 0.239 e. The van der Waals surface area contributed by atoms with Gasteiger partial charge in [0.1, 0.15) is 24.1 Å². The Morgan fingerprint density at radius 1 is 1.03 bits per heavy atom. The Labute approximate surface area is 183 Å². The summed E-state index contributed by atoms with van der Waals surface area (Å²) < 4.78 is 19.1. The van der Waals surface area contributed by atoms with Gasteiger partial charge < -0.3 is 29.5 Å². The number of benzene rings is 1. The van der Waals surface area contributed by atoms with E-state index in [1.807, 2.05) is 63.6 Å². The molecule has 8 nitrogen and oxygen atoms in total. The van der Waals surface area contributed by atoms with E-state index in [0.29, 0.717) is 12.3 Å². The Morgan fingerprint density at radius 2 is 1.68 bits per heavy atom. The molecule has 8 heteroatoms. The molecular weight excluding hydrogens is 400 g/mol. The van der Waals surface area contributed by atoms with Gasteiger partial charge in [-0.1, -0.05) is 12.1 Å². The molecule has 172 valence electrons. The predicted octanol–water partition coefficient (Wildman–Crippen LogP) is 2.36. The van der Waals surface area contributed by atoms with Crippen LogP contribution in [-0.4, -0.2) is 61.9 Å². The van der Waals surface area contributed by atoms with Crippen molar-refractivity contribution in [3.05, 3.63) is 41.1 Å². The number of aliphatic hydroxyl groups excluding tert-OH is 3. The van der Waals surface area contributed by atoms with Gasteiger partial charge in [0.15, 0.2) is 0 Å². The van der Waals surface area contributed by atoms with Gasteiger partial charge in [-0.25, -0.2) is 0 Å². The lowest BCUT2D eigenvalue weighted by Crippen LogP contribution is -2.58. The molecule has 0 amide bonds. The third kappa shape index (κ3) is 5.20. The highest BCUT2D eigenvalue weighted by Crippen LogP contribution is 2.31. The molecule has 2 aromatic rings. The quantitative estimate of drug-likeness (QED) is 0.614. The molecular formula is C23H34N2O6. The summed E-state index contributed by atoms with van der Waals surface area (Å²) in [7, 11) is 0. The molecule has 0 bridgehead atoms. The summed E-state index contributed by atoms with van der Waals surface area (Å²) in [6, 6.07) is 7.99. The third-order valence-electron chi connectivity index (χ3n) is 5.44. The summed E-state index contributed by atoms with van der Waals surface area (Å²) in [5.74, 6) is 1.15. The van der Waals surface area contributed by atoms with Crippen LogP contribution in [0, 0.1) is 6.92 Å². The summed E-state index contributed by atoms with van der Waals surface area (Å²) in [6.45, 7) is 11.6. The molecule has 5 atom stereocenters. The molecule has 1 aliphatic rings. The number of hydrogen-bond acceptors (Lipinski definition) is 7. The molecule has 0 spiro atoms. The van der Waals surface area contributed by atoms with Gasteiger partial charge >= 0.3 is 0 Å². The second-order valence-electron chi connectivity index (χ2n) is 8.69. The molecule has 1 aromatic heterocycles. The molecule has 1 fully saturated rings. The van der Waals surface area contributed by atoms with Gasteiger partial charge in [0, 0.05) is 23.7 Å². The van der Waals surface area contributed by atoms with Crippen molar-refractivity contribution in [3.8, 4) is 11.6 Å². The van der Waals surface area contributed by atoms with Crippen molar-refractivity contribution in [2.75, 3.05) is 0 Å². The van der Waals surface area contributed by atoms with Crippen molar-refractivity contribution in [1.82, 2.24) is 9.78 Å². The Bertz CT molecular complexity index is 864. The number of hydrogen-bond donors (Lipinski definition) is 3. The van der Waals surface area contributed by atoms with Crippen molar-refractivity contribution in [2.24, 2.45) is 0 Å². The number of aromatic nitrogens is 2. The molecule has 1 aliphatic heterocycles. The summed E-state index contributed by atoms with van der Waals surface area (Å²) in [5, 5.41) is 35.0. The summed E-state index contributed by atoms with van der Waals surface area (Å²) >= 11 is 0. The molecule has 0 saturated carbocycles. The van der Waals surface area contributed by atoms with Crippen LogP contribution in [0.1, 0.15) is 57.5 Å². The minimum absolute atomic E-state index is 0.107. The van der Waals surface area contributed by atoms with E-state index >= 15 is 0 Å². The first-order valence-corrected chi connectivity index (χ1v) is 10.8. The molecule has 0 aliphatic carbocycles. The van der Waals surface area contributed by atoms with Crippen LogP contribution in [0.3, 0.4) is 0 Å². The van der Waals surface area contributed by atoms with Crippen LogP contribution in [0.4, 0.5) is 0 Å². The van der Waals surface area contributed by atoms with Crippen LogP contribution in [0.15, 0.2) is 24.3 Å². The van der Waals surface area contributed by atoms with Gasteiger partial charge in [0.2, 0.25) is 12.2 Å². The van der Waals surface area contributed by atoms with Gasteiger partial charge in [0.25, 0.3) is 0 Å². The van der Waals surface area contributed by atoms with E-state index in [4.69, 9.17) is 14.2 Å². The topological polar surface area (TPSA) is 106 Å². The fourth-order valence-corrected chi connectivity index (χ4v) is 3.71. The second-order valence-corrected chi connectivity index (χ2v) is 8.69. The largest absolute Gasteiger partial charge is 0.491 e. The normalized spacial score (nSPS) is 26.5. The Kier molecular flexibility index (Phi) is 7.26.